The van der Waals surface area contributed by atoms with Gasteiger partial charge in [0.25, 0.3) is 0 Å². The molecule has 27 heavy (non-hydrogen) atoms. The van der Waals surface area contributed by atoms with Crippen LogP contribution in [-0.4, -0.2) is 54.3 Å². The van der Waals surface area contributed by atoms with Crippen LogP contribution in [0.5, 0.6) is 5.88 Å². The summed E-state index contributed by atoms with van der Waals surface area (Å²) in [5.74, 6) is 2.39. The predicted octanol–water partition coefficient (Wildman–Crippen LogP) is 2.12. The largest absolute Gasteiger partial charge is 0.481 e. The SMILES string of the molecule is COc1ccc(-c2cnc3c(n2)N(CCC2CCOCC2)C(=O)CN3)cn1. The van der Waals surface area contributed by atoms with Crippen LogP contribution < -0.4 is 15.0 Å². The number of fused-ring (bicyclic) bond motifs is 1. The number of carbonyl (C=O) groups excluding carboxylic acids is 1. The van der Waals surface area contributed by atoms with E-state index in [0.29, 0.717) is 35.7 Å². The maximum Gasteiger partial charge on any atom is 0.247 e. The van der Waals surface area contributed by atoms with Crippen LogP contribution in [0, 0.1) is 5.92 Å². The van der Waals surface area contributed by atoms with Crippen LogP contribution in [0.3, 0.4) is 0 Å². The van der Waals surface area contributed by atoms with Crippen molar-refractivity contribution in [3.63, 3.8) is 0 Å². The first-order chi connectivity index (χ1) is 13.2. The fraction of sp³-hybridized carbons (Fsp3) is 0.474. The van der Waals surface area contributed by atoms with Crippen LogP contribution in [0.1, 0.15) is 19.3 Å². The second-order valence-corrected chi connectivity index (χ2v) is 6.76. The molecule has 2 aromatic heterocycles. The lowest BCUT2D eigenvalue weighted by Gasteiger charge is -2.30. The van der Waals surface area contributed by atoms with Crippen molar-refractivity contribution in [3.8, 4) is 17.1 Å². The van der Waals surface area contributed by atoms with E-state index in [0.717, 1.165) is 38.0 Å². The number of carbonyl (C=O) groups is 1. The molecule has 0 bridgehead atoms. The summed E-state index contributed by atoms with van der Waals surface area (Å²) >= 11 is 0. The molecule has 1 N–H and O–H groups in total. The zero-order valence-corrected chi connectivity index (χ0v) is 15.4. The molecule has 0 aromatic carbocycles. The third-order valence-corrected chi connectivity index (χ3v) is 5.06. The smallest absolute Gasteiger partial charge is 0.247 e. The van der Waals surface area contributed by atoms with Gasteiger partial charge in [0.1, 0.15) is 0 Å². The van der Waals surface area contributed by atoms with Crippen molar-refractivity contribution >= 4 is 17.5 Å². The van der Waals surface area contributed by atoms with E-state index in [2.05, 4.69) is 15.3 Å². The molecular formula is C19H23N5O3. The van der Waals surface area contributed by atoms with Gasteiger partial charge in [0.2, 0.25) is 11.8 Å². The zero-order chi connectivity index (χ0) is 18.6. The number of anilines is 2. The first kappa shape index (κ1) is 17.7. The van der Waals surface area contributed by atoms with E-state index >= 15 is 0 Å². The number of hydrogen-bond donors (Lipinski definition) is 1. The number of hydrogen-bond acceptors (Lipinski definition) is 7. The number of methoxy groups -OCH3 is 1. The Kier molecular flexibility index (Phi) is 5.15. The Morgan fingerprint density at radius 1 is 1.26 bits per heavy atom. The van der Waals surface area contributed by atoms with Crippen molar-refractivity contribution in [2.24, 2.45) is 5.92 Å². The molecule has 0 saturated carbocycles. The Labute approximate surface area is 157 Å². The Bertz CT molecular complexity index is 805. The van der Waals surface area contributed by atoms with Crippen molar-refractivity contribution in [2.45, 2.75) is 19.3 Å². The van der Waals surface area contributed by atoms with Crippen LogP contribution in [-0.2, 0) is 9.53 Å². The number of amides is 1. The quantitative estimate of drug-likeness (QED) is 0.863. The number of nitrogens with zero attached hydrogens (tertiary/aromatic N) is 4. The highest BCUT2D eigenvalue weighted by molar-refractivity contribution is 6.00. The van der Waals surface area contributed by atoms with Crippen molar-refractivity contribution in [1.29, 1.82) is 0 Å². The van der Waals surface area contributed by atoms with E-state index < -0.39 is 0 Å². The highest BCUT2D eigenvalue weighted by Gasteiger charge is 2.28. The molecule has 4 heterocycles. The van der Waals surface area contributed by atoms with Crippen LogP contribution in [0.15, 0.2) is 24.5 Å². The van der Waals surface area contributed by atoms with Gasteiger partial charge < -0.3 is 14.8 Å². The Morgan fingerprint density at radius 2 is 2.11 bits per heavy atom. The molecule has 8 nitrogen and oxygen atoms in total. The van der Waals surface area contributed by atoms with Gasteiger partial charge in [-0.25, -0.2) is 15.0 Å². The average Bonchev–Trinajstić information content (AvgIpc) is 2.73. The lowest BCUT2D eigenvalue weighted by atomic mass is 9.96. The van der Waals surface area contributed by atoms with E-state index in [1.54, 1.807) is 30.5 Å². The van der Waals surface area contributed by atoms with Gasteiger partial charge in [-0.3, -0.25) is 9.69 Å². The highest BCUT2D eigenvalue weighted by atomic mass is 16.5. The van der Waals surface area contributed by atoms with Gasteiger partial charge >= 0.3 is 0 Å². The molecule has 0 unspecified atom stereocenters. The molecule has 1 saturated heterocycles. The van der Waals surface area contributed by atoms with Gasteiger partial charge in [0.05, 0.1) is 25.5 Å². The number of rotatable bonds is 5. The van der Waals surface area contributed by atoms with Gasteiger partial charge in [0, 0.05) is 37.6 Å². The third kappa shape index (κ3) is 3.85. The van der Waals surface area contributed by atoms with Gasteiger partial charge in [-0.1, -0.05) is 0 Å². The normalized spacial score (nSPS) is 17.4. The summed E-state index contributed by atoms with van der Waals surface area (Å²) in [4.78, 5) is 27.7. The minimum absolute atomic E-state index is 0.0221. The van der Waals surface area contributed by atoms with E-state index in [1.807, 2.05) is 6.07 Å². The minimum Gasteiger partial charge on any atom is -0.481 e. The van der Waals surface area contributed by atoms with E-state index in [4.69, 9.17) is 14.5 Å². The second-order valence-electron chi connectivity index (χ2n) is 6.76. The first-order valence-corrected chi connectivity index (χ1v) is 9.24. The third-order valence-electron chi connectivity index (χ3n) is 5.06. The number of aromatic nitrogens is 3. The summed E-state index contributed by atoms with van der Waals surface area (Å²) in [6.45, 7) is 2.52. The number of ether oxygens (including phenoxy) is 2. The average molecular weight is 369 g/mol. The lowest BCUT2D eigenvalue weighted by molar-refractivity contribution is -0.117. The second kappa shape index (κ2) is 7.87. The monoisotopic (exact) mass is 369 g/mol. The van der Waals surface area contributed by atoms with E-state index in [-0.39, 0.29) is 12.5 Å². The molecule has 0 atom stereocenters. The van der Waals surface area contributed by atoms with Gasteiger partial charge in [-0.15, -0.1) is 0 Å². The molecule has 142 valence electrons. The van der Waals surface area contributed by atoms with Crippen LogP contribution in [0.4, 0.5) is 11.6 Å². The van der Waals surface area contributed by atoms with E-state index in [1.165, 1.54) is 0 Å². The zero-order valence-electron chi connectivity index (χ0n) is 15.4. The minimum atomic E-state index is 0.0221. The van der Waals surface area contributed by atoms with Crippen molar-refractivity contribution in [1.82, 2.24) is 15.0 Å². The molecule has 2 aliphatic rings. The Hall–Kier alpha value is -2.74. The fourth-order valence-corrected chi connectivity index (χ4v) is 3.43. The summed E-state index contributed by atoms with van der Waals surface area (Å²) in [6, 6.07) is 3.66. The first-order valence-electron chi connectivity index (χ1n) is 9.24. The Morgan fingerprint density at radius 3 is 2.85 bits per heavy atom. The molecule has 2 aromatic rings. The highest BCUT2D eigenvalue weighted by Crippen LogP contribution is 2.30. The molecule has 2 aliphatic heterocycles. The van der Waals surface area contributed by atoms with Crippen molar-refractivity contribution in [3.05, 3.63) is 24.5 Å². The summed E-state index contributed by atoms with van der Waals surface area (Å²) in [7, 11) is 1.58. The maximum atomic E-state index is 12.5. The van der Waals surface area contributed by atoms with Crippen molar-refractivity contribution in [2.75, 3.05) is 43.6 Å². The molecule has 0 radical (unpaired) electrons. The molecule has 1 fully saturated rings. The summed E-state index contributed by atoms with van der Waals surface area (Å²) in [5, 5.41) is 3.06. The van der Waals surface area contributed by atoms with Crippen molar-refractivity contribution < 1.29 is 14.3 Å². The molecule has 1 amide bonds. The lowest BCUT2D eigenvalue weighted by Crippen LogP contribution is -2.42. The maximum absolute atomic E-state index is 12.5. The number of pyridine rings is 1. The summed E-state index contributed by atoms with van der Waals surface area (Å²) in [5.41, 5.74) is 1.50. The predicted molar refractivity (Wildman–Crippen MR) is 101 cm³/mol. The summed E-state index contributed by atoms with van der Waals surface area (Å²) < 4.78 is 10.5. The van der Waals surface area contributed by atoms with Crippen LogP contribution in [0.25, 0.3) is 11.3 Å². The molecule has 0 aliphatic carbocycles. The molecule has 0 spiro atoms. The van der Waals surface area contributed by atoms with Crippen LogP contribution >= 0.6 is 0 Å². The Balaban J connectivity index is 1.56. The van der Waals surface area contributed by atoms with Crippen LogP contribution in [0.2, 0.25) is 0 Å². The number of nitrogens with one attached hydrogen (secondary N) is 1. The molecule has 8 heteroatoms. The van der Waals surface area contributed by atoms with Gasteiger partial charge in [0.15, 0.2) is 11.6 Å². The van der Waals surface area contributed by atoms with Gasteiger partial charge in [-0.05, 0) is 31.2 Å². The standard InChI is InChI=1S/C19H23N5O3/c1-26-16-3-2-14(10-20-16)15-11-21-18-19(23-15)24(17(25)12-22-18)7-4-13-5-8-27-9-6-13/h2-3,10-11,13H,4-9,12H2,1H3,(H,21,22). The fourth-order valence-electron chi connectivity index (χ4n) is 3.43. The van der Waals surface area contributed by atoms with E-state index in [9.17, 15) is 4.79 Å². The molecular weight excluding hydrogens is 346 g/mol. The summed E-state index contributed by atoms with van der Waals surface area (Å²) in [6.07, 6.45) is 6.44. The topological polar surface area (TPSA) is 89.5 Å². The molecule has 4 rings (SSSR count). The van der Waals surface area contributed by atoms with Gasteiger partial charge in [-0.2, -0.15) is 0 Å².